The number of carbonyl (C=O) groups is 2. The number of hydrogen-bond acceptors (Lipinski definition) is 5. The summed E-state index contributed by atoms with van der Waals surface area (Å²) in [4.78, 5) is 25.1. The maximum atomic E-state index is 11.7. The first-order valence-electron chi connectivity index (χ1n) is 6.48. The van der Waals surface area contributed by atoms with Crippen molar-refractivity contribution in [2.24, 2.45) is 0 Å². The number of nitrogens with one attached hydrogen (secondary N) is 2. The maximum absolute atomic E-state index is 11.7. The van der Waals surface area contributed by atoms with Gasteiger partial charge in [0.25, 0.3) is 0 Å². The number of hydrogen-bond donors (Lipinski definition) is 3. The van der Waals surface area contributed by atoms with Gasteiger partial charge in [-0.3, -0.25) is 9.59 Å². The number of benzene rings is 1. The molecular formula is C14H21N3O4. The van der Waals surface area contributed by atoms with E-state index < -0.39 is 17.9 Å². The Labute approximate surface area is 123 Å². The minimum Gasteiger partial charge on any atom is -0.497 e. The summed E-state index contributed by atoms with van der Waals surface area (Å²) in [5.74, 6) is -1.01. The first kappa shape index (κ1) is 16.9. The fraction of sp³-hybridized carbons (Fsp3) is 0.429. The largest absolute Gasteiger partial charge is 0.497 e. The summed E-state index contributed by atoms with van der Waals surface area (Å²) >= 11 is 0. The van der Waals surface area contributed by atoms with Gasteiger partial charge in [0.05, 0.1) is 13.2 Å². The predicted molar refractivity (Wildman–Crippen MR) is 79.2 cm³/mol. The first-order valence-corrected chi connectivity index (χ1v) is 6.48. The smallest absolute Gasteiger partial charge is 0.313 e. The van der Waals surface area contributed by atoms with E-state index in [0.717, 1.165) is 0 Å². The third-order valence-corrected chi connectivity index (χ3v) is 2.61. The van der Waals surface area contributed by atoms with Crippen LogP contribution in [0.15, 0.2) is 24.3 Å². The van der Waals surface area contributed by atoms with Gasteiger partial charge in [0.1, 0.15) is 5.75 Å². The highest BCUT2D eigenvalue weighted by Gasteiger charge is 2.15. The molecule has 0 aromatic heterocycles. The van der Waals surface area contributed by atoms with Crippen molar-refractivity contribution >= 4 is 17.5 Å². The molecule has 0 heterocycles. The molecule has 0 bridgehead atoms. The van der Waals surface area contributed by atoms with E-state index in [4.69, 9.17) is 4.74 Å². The Morgan fingerprint density at radius 2 is 2.05 bits per heavy atom. The van der Waals surface area contributed by atoms with Crippen LogP contribution in [0.3, 0.4) is 0 Å². The molecule has 116 valence electrons. The van der Waals surface area contributed by atoms with Gasteiger partial charge in [-0.25, -0.2) is 0 Å². The van der Waals surface area contributed by atoms with Gasteiger partial charge in [0.2, 0.25) is 0 Å². The SMILES string of the molecule is COc1cccc(NC(=O)C(=O)NCC(O)CN(C)C)c1. The molecule has 1 rings (SSSR count). The van der Waals surface area contributed by atoms with Crippen LogP contribution in [-0.4, -0.2) is 62.2 Å². The molecule has 7 nitrogen and oxygen atoms in total. The van der Waals surface area contributed by atoms with E-state index in [0.29, 0.717) is 18.0 Å². The summed E-state index contributed by atoms with van der Waals surface area (Å²) in [5, 5.41) is 14.4. The minimum absolute atomic E-state index is 0.0164. The maximum Gasteiger partial charge on any atom is 0.313 e. The molecule has 21 heavy (non-hydrogen) atoms. The van der Waals surface area contributed by atoms with Crippen LogP contribution in [0.5, 0.6) is 5.75 Å². The molecule has 0 radical (unpaired) electrons. The van der Waals surface area contributed by atoms with Crippen molar-refractivity contribution < 1.29 is 19.4 Å². The molecule has 7 heteroatoms. The van der Waals surface area contributed by atoms with E-state index in [1.54, 1.807) is 43.3 Å². The van der Waals surface area contributed by atoms with Crippen LogP contribution in [-0.2, 0) is 9.59 Å². The second-order valence-corrected chi connectivity index (χ2v) is 4.81. The number of aliphatic hydroxyl groups is 1. The predicted octanol–water partition coefficient (Wildman–Crippen LogP) is -0.328. The van der Waals surface area contributed by atoms with Crippen molar-refractivity contribution in [3.05, 3.63) is 24.3 Å². The number of anilines is 1. The van der Waals surface area contributed by atoms with Gasteiger partial charge in [-0.1, -0.05) is 6.07 Å². The van der Waals surface area contributed by atoms with Crippen molar-refractivity contribution in [3.63, 3.8) is 0 Å². The summed E-state index contributed by atoms with van der Waals surface area (Å²) in [6, 6.07) is 6.68. The molecule has 1 atom stereocenters. The Bertz CT molecular complexity index is 491. The lowest BCUT2D eigenvalue weighted by atomic mass is 10.3. The Morgan fingerprint density at radius 1 is 1.33 bits per heavy atom. The fourth-order valence-corrected chi connectivity index (χ4v) is 1.67. The molecule has 0 aliphatic carbocycles. The lowest BCUT2D eigenvalue weighted by Gasteiger charge is -2.16. The van der Waals surface area contributed by atoms with Gasteiger partial charge in [0.15, 0.2) is 0 Å². The van der Waals surface area contributed by atoms with Crippen LogP contribution in [0.1, 0.15) is 0 Å². The van der Waals surface area contributed by atoms with E-state index in [1.807, 2.05) is 0 Å². The van der Waals surface area contributed by atoms with Crippen molar-refractivity contribution in [1.29, 1.82) is 0 Å². The number of aliphatic hydroxyl groups excluding tert-OH is 1. The Kier molecular flexibility index (Phi) is 6.64. The summed E-state index contributed by atoms with van der Waals surface area (Å²) < 4.78 is 5.02. The Hall–Kier alpha value is -2.12. The zero-order valence-electron chi connectivity index (χ0n) is 12.4. The zero-order valence-corrected chi connectivity index (χ0v) is 12.4. The van der Waals surface area contributed by atoms with Crippen LogP contribution in [0, 0.1) is 0 Å². The molecule has 2 amide bonds. The summed E-state index contributed by atoms with van der Waals surface area (Å²) in [6.07, 6.45) is -0.728. The number of rotatable bonds is 6. The number of ether oxygens (including phenoxy) is 1. The zero-order chi connectivity index (χ0) is 15.8. The van der Waals surface area contributed by atoms with Crippen molar-refractivity contribution in [2.75, 3.05) is 39.6 Å². The summed E-state index contributed by atoms with van der Waals surface area (Å²) in [5.41, 5.74) is 0.461. The lowest BCUT2D eigenvalue weighted by Crippen LogP contribution is -2.42. The standard InChI is InChI=1S/C14H21N3O4/c1-17(2)9-11(18)8-15-13(19)14(20)16-10-5-4-6-12(7-10)21-3/h4-7,11,18H,8-9H2,1-3H3,(H,15,19)(H,16,20). The molecule has 0 saturated heterocycles. The monoisotopic (exact) mass is 295 g/mol. The number of likely N-dealkylation sites (N-methyl/N-ethyl adjacent to an activating group) is 1. The molecule has 3 N–H and O–H groups in total. The van der Waals surface area contributed by atoms with Crippen molar-refractivity contribution in [1.82, 2.24) is 10.2 Å². The van der Waals surface area contributed by atoms with Gasteiger partial charge in [-0.05, 0) is 26.2 Å². The van der Waals surface area contributed by atoms with E-state index in [2.05, 4.69) is 10.6 Å². The summed E-state index contributed by atoms with van der Waals surface area (Å²) in [6.45, 7) is 0.417. The number of nitrogens with zero attached hydrogens (tertiary/aromatic N) is 1. The lowest BCUT2D eigenvalue weighted by molar-refractivity contribution is -0.136. The summed E-state index contributed by atoms with van der Waals surface area (Å²) in [7, 11) is 5.13. The minimum atomic E-state index is -0.796. The highest BCUT2D eigenvalue weighted by Crippen LogP contribution is 2.16. The average Bonchev–Trinajstić information content (AvgIpc) is 2.44. The van der Waals surface area contributed by atoms with Crippen LogP contribution < -0.4 is 15.4 Å². The highest BCUT2D eigenvalue weighted by molar-refractivity contribution is 6.39. The molecule has 0 aliphatic heterocycles. The number of methoxy groups -OCH3 is 1. The topological polar surface area (TPSA) is 90.9 Å². The van der Waals surface area contributed by atoms with Crippen LogP contribution in [0.4, 0.5) is 5.69 Å². The molecule has 0 spiro atoms. The molecule has 0 aliphatic rings. The van der Waals surface area contributed by atoms with Gasteiger partial charge >= 0.3 is 11.8 Å². The third kappa shape index (κ3) is 6.24. The Balaban J connectivity index is 2.45. The molecule has 0 saturated carbocycles. The molecular weight excluding hydrogens is 274 g/mol. The van der Waals surface area contributed by atoms with Crippen LogP contribution in [0.25, 0.3) is 0 Å². The number of amides is 2. The van der Waals surface area contributed by atoms with Crippen LogP contribution >= 0.6 is 0 Å². The molecule has 1 aromatic carbocycles. The second kappa shape index (κ2) is 8.23. The third-order valence-electron chi connectivity index (χ3n) is 2.61. The van der Waals surface area contributed by atoms with Crippen molar-refractivity contribution in [2.45, 2.75) is 6.10 Å². The highest BCUT2D eigenvalue weighted by atomic mass is 16.5. The molecule has 0 fully saturated rings. The van der Waals surface area contributed by atoms with Crippen molar-refractivity contribution in [3.8, 4) is 5.75 Å². The van der Waals surface area contributed by atoms with E-state index >= 15 is 0 Å². The molecule has 1 aromatic rings. The van der Waals surface area contributed by atoms with E-state index in [9.17, 15) is 14.7 Å². The van der Waals surface area contributed by atoms with Gasteiger partial charge in [0, 0.05) is 24.8 Å². The normalized spacial score (nSPS) is 11.9. The van der Waals surface area contributed by atoms with E-state index in [1.165, 1.54) is 7.11 Å². The van der Waals surface area contributed by atoms with Gasteiger partial charge < -0.3 is 25.4 Å². The molecule has 1 unspecified atom stereocenters. The van der Waals surface area contributed by atoms with Gasteiger partial charge in [-0.2, -0.15) is 0 Å². The van der Waals surface area contributed by atoms with E-state index in [-0.39, 0.29) is 6.54 Å². The van der Waals surface area contributed by atoms with Gasteiger partial charge in [-0.15, -0.1) is 0 Å². The number of carbonyl (C=O) groups excluding carboxylic acids is 2. The first-order chi connectivity index (χ1) is 9.92. The Morgan fingerprint density at radius 3 is 2.67 bits per heavy atom. The fourth-order valence-electron chi connectivity index (χ4n) is 1.67. The van der Waals surface area contributed by atoms with Crippen LogP contribution in [0.2, 0.25) is 0 Å². The average molecular weight is 295 g/mol. The second-order valence-electron chi connectivity index (χ2n) is 4.81. The quantitative estimate of drug-likeness (QED) is 0.625.